The van der Waals surface area contributed by atoms with Crippen LogP contribution in [0.2, 0.25) is 0 Å². The fourth-order valence-corrected chi connectivity index (χ4v) is 3.14. The lowest BCUT2D eigenvalue weighted by Crippen LogP contribution is -2.50. The van der Waals surface area contributed by atoms with Crippen LogP contribution in [0.5, 0.6) is 0 Å². The van der Waals surface area contributed by atoms with E-state index in [0.717, 1.165) is 13.0 Å². The van der Waals surface area contributed by atoms with Crippen molar-refractivity contribution in [2.45, 2.75) is 52.6 Å². The number of hydrogen-bond acceptors (Lipinski definition) is 2. The van der Waals surface area contributed by atoms with E-state index in [4.69, 9.17) is 5.73 Å². The highest BCUT2D eigenvalue weighted by Gasteiger charge is 2.35. The summed E-state index contributed by atoms with van der Waals surface area (Å²) in [5, 5.41) is 0. The molecule has 1 heterocycles. The molecule has 1 aromatic rings. The number of hydrogen-bond donors (Lipinski definition) is 1. The maximum Gasteiger partial charge on any atom is 0.223 e. The topological polar surface area (TPSA) is 46.3 Å². The maximum atomic E-state index is 12.3. The molecule has 1 amide bonds. The molecule has 2 atom stereocenters. The van der Waals surface area contributed by atoms with Crippen LogP contribution >= 0.6 is 0 Å². The highest BCUT2D eigenvalue weighted by atomic mass is 16.2. The third-order valence-corrected chi connectivity index (χ3v) is 4.06. The third-order valence-electron chi connectivity index (χ3n) is 4.06. The molecule has 0 saturated carbocycles. The second-order valence-electron chi connectivity index (χ2n) is 6.45. The zero-order valence-electron chi connectivity index (χ0n) is 13.0. The molecule has 0 aliphatic carbocycles. The molecule has 1 saturated heterocycles. The van der Waals surface area contributed by atoms with Crippen molar-refractivity contribution in [2.24, 2.45) is 11.7 Å². The molecule has 3 nitrogen and oxygen atoms in total. The molecular formula is C17H26N2O. The summed E-state index contributed by atoms with van der Waals surface area (Å²) in [5.74, 6) is 0.697. The quantitative estimate of drug-likeness (QED) is 0.921. The van der Waals surface area contributed by atoms with Gasteiger partial charge >= 0.3 is 0 Å². The molecular weight excluding hydrogens is 248 g/mol. The minimum absolute atomic E-state index is 0.0271. The lowest BCUT2D eigenvalue weighted by atomic mass is 9.87. The van der Waals surface area contributed by atoms with Gasteiger partial charge in [-0.1, -0.05) is 37.6 Å². The van der Waals surface area contributed by atoms with Crippen LogP contribution in [0.15, 0.2) is 18.2 Å². The van der Waals surface area contributed by atoms with E-state index < -0.39 is 0 Å². The average molecular weight is 274 g/mol. The number of piperidine rings is 1. The van der Waals surface area contributed by atoms with Gasteiger partial charge in [-0.3, -0.25) is 4.79 Å². The van der Waals surface area contributed by atoms with Crippen molar-refractivity contribution < 1.29 is 4.79 Å². The Morgan fingerprint density at radius 2 is 2.05 bits per heavy atom. The van der Waals surface area contributed by atoms with Crippen LogP contribution in [0.1, 0.15) is 49.4 Å². The summed E-state index contributed by atoms with van der Waals surface area (Å²) in [6, 6.07) is 6.49. The fourth-order valence-electron chi connectivity index (χ4n) is 3.14. The zero-order valence-corrected chi connectivity index (χ0v) is 13.0. The van der Waals surface area contributed by atoms with E-state index in [-0.39, 0.29) is 18.0 Å². The number of carbonyl (C=O) groups is 1. The number of nitrogens with zero attached hydrogens (tertiary/aromatic N) is 1. The summed E-state index contributed by atoms with van der Waals surface area (Å²) in [6.07, 6.45) is 1.36. The van der Waals surface area contributed by atoms with Gasteiger partial charge in [0.2, 0.25) is 5.91 Å². The Hall–Kier alpha value is -1.35. The first-order chi connectivity index (χ1) is 9.40. The van der Waals surface area contributed by atoms with Gasteiger partial charge in [-0.25, -0.2) is 0 Å². The fraction of sp³-hybridized carbons (Fsp3) is 0.588. The van der Waals surface area contributed by atoms with Gasteiger partial charge < -0.3 is 10.6 Å². The van der Waals surface area contributed by atoms with Crippen LogP contribution in [-0.2, 0) is 4.79 Å². The Bertz CT molecular complexity index is 496. The SMILES string of the molecule is Cc1ccc(C2C(N)CCC(=O)N2CC(C)C)c(C)c1. The van der Waals surface area contributed by atoms with Crippen LogP contribution < -0.4 is 5.73 Å². The minimum Gasteiger partial charge on any atom is -0.334 e. The van der Waals surface area contributed by atoms with Crippen LogP contribution in [0, 0.1) is 19.8 Å². The molecule has 20 heavy (non-hydrogen) atoms. The summed E-state index contributed by atoms with van der Waals surface area (Å²) >= 11 is 0. The molecule has 0 bridgehead atoms. The molecule has 1 aliphatic heterocycles. The molecule has 1 fully saturated rings. The molecule has 110 valence electrons. The Balaban J connectivity index is 2.39. The smallest absolute Gasteiger partial charge is 0.223 e. The highest BCUT2D eigenvalue weighted by Crippen LogP contribution is 2.33. The summed E-state index contributed by atoms with van der Waals surface area (Å²) in [7, 11) is 0. The number of amides is 1. The molecule has 0 aromatic heterocycles. The van der Waals surface area contributed by atoms with E-state index in [1.54, 1.807) is 0 Å². The molecule has 1 aromatic carbocycles. The number of likely N-dealkylation sites (tertiary alicyclic amines) is 1. The van der Waals surface area contributed by atoms with Crippen LogP contribution in [0.3, 0.4) is 0 Å². The first kappa shape index (κ1) is 15.0. The second-order valence-corrected chi connectivity index (χ2v) is 6.45. The molecule has 3 heteroatoms. The van der Waals surface area contributed by atoms with Gasteiger partial charge in [0.25, 0.3) is 0 Å². The predicted octanol–water partition coefficient (Wildman–Crippen LogP) is 2.95. The van der Waals surface area contributed by atoms with Crippen molar-refractivity contribution in [1.82, 2.24) is 4.90 Å². The largest absolute Gasteiger partial charge is 0.334 e. The van der Waals surface area contributed by atoms with Gasteiger partial charge in [-0.2, -0.15) is 0 Å². The molecule has 0 spiro atoms. The normalized spacial score (nSPS) is 23.5. The maximum absolute atomic E-state index is 12.3. The van der Waals surface area contributed by atoms with Crippen molar-refractivity contribution in [1.29, 1.82) is 0 Å². The Kier molecular flexibility index (Phi) is 4.48. The van der Waals surface area contributed by atoms with E-state index >= 15 is 0 Å². The molecule has 2 N–H and O–H groups in total. The van der Waals surface area contributed by atoms with E-state index in [0.29, 0.717) is 12.3 Å². The summed E-state index contributed by atoms with van der Waals surface area (Å²) < 4.78 is 0. The predicted molar refractivity (Wildman–Crippen MR) is 82.4 cm³/mol. The van der Waals surface area contributed by atoms with E-state index in [2.05, 4.69) is 45.9 Å². The Morgan fingerprint density at radius 3 is 2.65 bits per heavy atom. The average Bonchev–Trinajstić information content (AvgIpc) is 2.35. The molecule has 2 rings (SSSR count). The van der Waals surface area contributed by atoms with Crippen molar-refractivity contribution in [3.05, 3.63) is 34.9 Å². The van der Waals surface area contributed by atoms with Gasteiger partial charge in [0, 0.05) is 19.0 Å². The van der Waals surface area contributed by atoms with Gasteiger partial charge in [0.05, 0.1) is 6.04 Å². The lowest BCUT2D eigenvalue weighted by Gasteiger charge is -2.41. The van der Waals surface area contributed by atoms with Gasteiger partial charge in [-0.15, -0.1) is 0 Å². The molecule has 1 aliphatic rings. The van der Waals surface area contributed by atoms with E-state index in [1.807, 2.05) is 4.90 Å². The van der Waals surface area contributed by atoms with Crippen molar-refractivity contribution in [3.63, 3.8) is 0 Å². The van der Waals surface area contributed by atoms with E-state index in [1.165, 1.54) is 16.7 Å². The van der Waals surface area contributed by atoms with Crippen LogP contribution in [0.25, 0.3) is 0 Å². The number of benzene rings is 1. The monoisotopic (exact) mass is 274 g/mol. The highest BCUT2D eigenvalue weighted by molar-refractivity contribution is 5.78. The number of rotatable bonds is 3. The molecule has 0 radical (unpaired) electrons. The standard InChI is InChI=1S/C17H26N2O/c1-11(2)10-19-16(20)8-7-15(18)17(19)14-6-5-12(3)9-13(14)4/h5-6,9,11,15,17H,7-8,10,18H2,1-4H3. The first-order valence-corrected chi connectivity index (χ1v) is 7.52. The van der Waals surface area contributed by atoms with Crippen LogP contribution in [0.4, 0.5) is 0 Å². The lowest BCUT2D eigenvalue weighted by molar-refractivity contribution is -0.138. The van der Waals surface area contributed by atoms with E-state index in [9.17, 15) is 4.79 Å². The number of aryl methyl sites for hydroxylation is 2. The first-order valence-electron chi connectivity index (χ1n) is 7.52. The number of carbonyl (C=O) groups excluding carboxylic acids is 1. The van der Waals surface area contributed by atoms with Gasteiger partial charge in [-0.05, 0) is 37.3 Å². The Labute approximate surface area is 122 Å². The number of nitrogens with two attached hydrogens (primary N) is 1. The van der Waals surface area contributed by atoms with Crippen molar-refractivity contribution in [2.75, 3.05) is 6.54 Å². The minimum atomic E-state index is 0.0271. The van der Waals surface area contributed by atoms with Crippen LogP contribution in [-0.4, -0.2) is 23.4 Å². The van der Waals surface area contributed by atoms with Crippen molar-refractivity contribution in [3.8, 4) is 0 Å². The van der Waals surface area contributed by atoms with Crippen molar-refractivity contribution >= 4 is 5.91 Å². The molecule has 2 unspecified atom stereocenters. The summed E-state index contributed by atoms with van der Waals surface area (Å²) in [6.45, 7) is 9.28. The Morgan fingerprint density at radius 1 is 1.35 bits per heavy atom. The van der Waals surface area contributed by atoms with Gasteiger partial charge in [0.1, 0.15) is 0 Å². The second kappa shape index (κ2) is 5.96. The van der Waals surface area contributed by atoms with Gasteiger partial charge in [0.15, 0.2) is 0 Å². The summed E-state index contributed by atoms with van der Waals surface area (Å²) in [5.41, 5.74) is 10.0. The zero-order chi connectivity index (χ0) is 14.9. The summed E-state index contributed by atoms with van der Waals surface area (Å²) in [4.78, 5) is 14.3. The third kappa shape index (κ3) is 3.04.